The second-order valence-corrected chi connectivity index (χ2v) is 9.06. The van der Waals surface area contributed by atoms with Gasteiger partial charge in [-0.2, -0.15) is 0 Å². The van der Waals surface area contributed by atoms with Crippen LogP contribution in [0.5, 0.6) is 0 Å². The zero-order valence-corrected chi connectivity index (χ0v) is 20.8. The van der Waals surface area contributed by atoms with Crippen molar-refractivity contribution < 1.29 is 19.4 Å². The molecule has 0 aliphatic carbocycles. The van der Waals surface area contributed by atoms with E-state index < -0.39 is 23.7 Å². The SMILES string of the molecule is CC(C)CN1CN(C)CN(COCCn2c(=O)n(CCO)c(=O)n(CCOC(C)C)c2=O)C1=O. The smallest absolute Gasteiger partial charge is 0.336 e. The average Bonchev–Trinajstić information content (AvgIpc) is 2.75. The summed E-state index contributed by atoms with van der Waals surface area (Å²) in [5, 5.41) is 9.26. The standard InChI is InChI=1S/C21H38N6O7/c1-16(2)12-23-13-22(5)14-24(18(23)29)15-33-10-7-26-19(30)25(6-9-28)20(31)27(21(26)32)8-11-34-17(3)4/h16-17,28H,6-15H2,1-5H3. The van der Waals surface area contributed by atoms with Gasteiger partial charge in [-0.05, 0) is 26.8 Å². The van der Waals surface area contributed by atoms with Crippen LogP contribution in [0.2, 0.25) is 0 Å². The number of aromatic nitrogens is 3. The summed E-state index contributed by atoms with van der Waals surface area (Å²) in [6.07, 6.45) is -0.0809. The first-order chi connectivity index (χ1) is 16.1. The van der Waals surface area contributed by atoms with E-state index in [2.05, 4.69) is 0 Å². The van der Waals surface area contributed by atoms with Crippen LogP contribution in [0.25, 0.3) is 0 Å². The fourth-order valence-electron chi connectivity index (χ4n) is 3.69. The number of nitrogens with zero attached hydrogens (tertiary/aromatic N) is 6. The Bertz CT molecular complexity index is 981. The Kier molecular flexibility index (Phi) is 10.5. The van der Waals surface area contributed by atoms with Gasteiger partial charge in [0.15, 0.2) is 0 Å². The number of aliphatic hydroxyl groups excluding tert-OH is 1. The molecule has 34 heavy (non-hydrogen) atoms. The third kappa shape index (κ3) is 7.26. The number of rotatable bonds is 13. The molecule has 1 fully saturated rings. The summed E-state index contributed by atoms with van der Waals surface area (Å²) in [7, 11) is 1.90. The third-order valence-electron chi connectivity index (χ3n) is 5.13. The molecular weight excluding hydrogens is 448 g/mol. The van der Waals surface area contributed by atoms with E-state index >= 15 is 0 Å². The molecule has 2 rings (SSSR count). The predicted molar refractivity (Wildman–Crippen MR) is 124 cm³/mol. The van der Waals surface area contributed by atoms with Crippen LogP contribution in [0.4, 0.5) is 4.79 Å². The first kappa shape index (κ1) is 27.8. The van der Waals surface area contributed by atoms with E-state index in [-0.39, 0.29) is 51.7 Å². The minimum absolute atomic E-state index is 0.000777. The Balaban J connectivity index is 2.10. The van der Waals surface area contributed by atoms with Gasteiger partial charge >= 0.3 is 23.1 Å². The van der Waals surface area contributed by atoms with Crippen LogP contribution < -0.4 is 17.1 Å². The minimum atomic E-state index is -0.814. The molecule has 0 bridgehead atoms. The van der Waals surface area contributed by atoms with Crippen molar-refractivity contribution in [1.29, 1.82) is 0 Å². The van der Waals surface area contributed by atoms with Gasteiger partial charge in [0.25, 0.3) is 0 Å². The number of carbonyl (C=O) groups excluding carboxylic acids is 1. The monoisotopic (exact) mass is 486 g/mol. The topological polar surface area (TPSA) is 131 Å². The molecule has 0 unspecified atom stereocenters. The van der Waals surface area contributed by atoms with Gasteiger partial charge < -0.3 is 19.5 Å². The van der Waals surface area contributed by atoms with Gasteiger partial charge in [0.05, 0.1) is 58.9 Å². The molecule has 1 saturated heterocycles. The number of amides is 2. The van der Waals surface area contributed by atoms with E-state index in [1.165, 1.54) is 0 Å². The number of hydrogen-bond donors (Lipinski definition) is 1. The predicted octanol–water partition coefficient (Wildman–Crippen LogP) is -1.20. The van der Waals surface area contributed by atoms with E-state index in [4.69, 9.17) is 9.47 Å². The van der Waals surface area contributed by atoms with Crippen molar-refractivity contribution in [3.63, 3.8) is 0 Å². The molecule has 0 radical (unpaired) electrons. The quantitative estimate of drug-likeness (QED) is 0.344. The molecule has 1 aliphatic rings. The fraction of sp³-hybridized carbons (Fsp3) is 0.810. The molecule has 1 N–H and O–H groups in total. The van der Waals surface area contributed by atoms with Crippen LogP contribution in [0.15, 0.2) is 14.4 Å². The molecule has 0 atom stereocenters. The number of hydrogen-bond acceptors (Lipinski definition) is 8. The summed E-state index contributed by atoms with van der Waals surface area (Å²) in [5.74, 6) is 0.327. The molecule has 1 aliphatic heterocycles. The van der Waals surface area contributed by atoms with Crippen molar-refractivity contribution in [2.24, 2.45) is 5.92 Å². The van der Waals surface area contributed by atoms with Gasteiger partial charge in [-0.1, -0.05) is 13.8 Å². The normalized spacial score (nSPS) is 15.2. The van der Waals surface area contributed by atoms with E-state index in [0.29, 0.717) is 25.8 Å². The summed E-state index contributed by atoms with van der Waals surface area (Å²) in [6, 6.07) is -0.132. The molecule has 13 heteroatoms. The maximum absolute atomic E-state index is 12.8. The lowest BCUT2D eigenvalue weighted by Crippen LogP contribution is -2.58. The molecular formula is C21H38N6O7. The highest BCUT2D eigenvalue weighted by Gasteiger charge is 2.28. The van der Waals surface area contributed by atoms with Crippen LogP contribution in [0, 0.1) is 5.92 Å². The van der Waals surface area contributed by atoms with Crippen LogP contribution in [-0.2, 0) is 29.1 Å². The number of urea groups is 1. The van der Waals surface area contributed by atoms with Crippen molar-refractivity contribution >= 4 is 6.03 Å². The highest BCUT2D eigenvalue weighted by Crippen LogP contribution is 2.11. The van der Waals surface area contributed by atoms with Gasteiger partial charge in [0, 0.05) is 6.54 Å². The molecule has 194 valence electrons. The van der Waals surface area contributed by atoms with Gasteiger partial charge in [0.2, 0.25) is 0 Å². The lowest BCUT2D eigenvalue weighted by Gasteiger charge is -2.41. The van der Waals surface area contributed by atoms with Crippen molar-refractivity contribution in [2.75, 3.05) is 53.5 Å². The molecule has 2 heterocycles. The maximum Gasteiger partial charge on any atom is 0.336 e. The van der Waals surface area contributed by atoms with E-state index in [1.807, 2.05) is 39.6 Å². The Hall–Kier alpha value is -2.48. The summed E-state index contributed by atoms with van der Waals surface area (Å²) < 4.78 is 13.7. The lowest BCUT2D eigenvalue weighted by molar-refractivity contribution is -0.0237. The average molecular weight is 487 g/mol. The Labute approximate surface area is 198 Å². The van der Waals surface area contributed by atoms with E-state index in [0.717, 1.165) is 13.7 Å². The number of aliphatic hydroxyl groups is 1. The Morgan fingerprint density at radius 1 is 0.824 bits per heavy atom. The van der Waals surface area contributed by atoms with Crippen molar-refractivity contribution in [1.82, 2.24) is 28.4 Å². The number of carbonyl (C=O) groups is 1. The highest BCUT2D eigenvalue weighted by molar-refractivity contribution is 5.74. The second kappa shape index (κ2) is 12.8. The molecule has 0 aromatic carbocycles. The fourth-order valence-corrected chi connectivity index (χ4v) is 3.69. The first-order valence-electron chi connectivity index (χ1n) is 11.5. The van der Waals surface area contributed by atoms with E-state index in [9.17, 15) is 24.3 Å². The van der Waals surface area contributed by atoms with Crippen LogP contribution in [0.1, 0.15) is 27.7 Å². The van der Waals surface area contributed by atoms with Gasteiger partial charge in [-0.3, -0.25) is 9.80 Å². The zero-order chi connectivity index (χ0) is 25.4. The van der Waals surface area contributed by atoms with Crippen LogP contribution >= 0.6 is 0 Å². The Morgan fingerprint density at radius 2 is 1.35 bits per heavy atom. The van der Waals surface area contributed by atoms with Crippen LogP contribution in [0.3, 0.4) is 0 Å². The summed E-state index contributed by atoms with van der Waals surface area (Å²) in [6.45, 7) is 8.61. The van der Waals surface area contributed by atoms with Gasteiger partial charge in [-0.25, -0.2) is 32.9 Å². The van der Waals surface area contributed by atoms with Gasteiger partial charge in [0.1, 0.15) is 6.73 Å². The van der Waals surface area contributed by atoms with Gasteiger partial charge in [-0.15, -0.1) is 0 Å². The van der Waals surface area contributed by atoms with Crippen molar-refractivity contribution in [2.45, 2.75) is 53.4 Å². The summed E-state index contributed by atoms with van der Waals surface area (Å²) in [5.41, 5.74) is -2.37. The van der Waals surface area contributed by atoms with Crippen molar-refractivity contribution in [3.05, 3.63) is 31.5 Å². The largest absolute Gasteiger partial charge is 0.395 e. The second-order valence-electron chi connectivity index (χ2n) is 9.06. The maximum atomic E-state index is 12.8. The lowest BCUT2D eigenvalue weighted by atomic mass is 10.2. The third-order valence-corrected chi connectivity index (χ3v) is 5.13. The zero-order valence-electron chi connectivity index (χ0n) is 20.8. The summed E-state index contributed by atoms with van der Waals surface area (Å²) in [4.78, 5) is 56.1. The molecule has 1 aromatic rings. The Morgan fingerprint density at radius 3 is 1.88 bits per heavy atom. The highest BCUT2D eigenvalue weighted by atomic mass is 16.5. The molecule has 0 spiro atoms. The van der Waals surface area contributed by atoms with E-state index in [1.54, 1.807) is 9.80 Å². The number of ether oxygens (including phenoxy) is 2. The van der Waals surface area contributed by atoms with Crippen LogP contribution in [-0.4, -0.2) is 99.1 Å². The molecule has 13 nitrogen and oxygen atoms in total. The first-order valence-corrected chi connectivity index (χ1v) is 11.5. The molecule has 1 aromatic heterocycles. The summed E-state index contributed by atoms with van der Waals surface area (Å²) >= 11 is 0. The molecule has 0 saturated carbocycles. The molecule has 2 amide bonds. The minimum Gasteiger partial charge on any atom is -0.395 e. The van der Waals surface area contributed by atoms with Crippen molar-refractivity contribution in [3.8, 4) is 0 Å².